The molecule has 1 aromatic heterocycles. The molecule has 2 aromatic rings. The molecule has 128 valence electrons. The van der Waals surface area contributed by atoms with Crippen molar-refractivity contribution >= 4 is 23.0 Å². The Balaban J connectivity index is 1.49. The van der Waals surface area contributed by atoms with Crippen molar-refractivity contribution < 1.29 is 9.21 Å². The maximum atomic E-state index is 12.8. The number of hydrogen-bond donors (Lipinski definition) is 1. The second-order valence-electron chi connectivity index (χ2n) is 6.73. The Morgan fingerprint density at radius 2 is 2.17 bits per heavy atom. The maximum Gasteiger partial charge on any atom is 0.299 e. The number of nitrogens with one attached hydrogen (secondary N) is 1. The third kappa shape index (κ3) is 2.86. The summed E-state index contributed by atoms with van der Waals surface area (Å²) in [4.78, 5) is 21.7. The molecule has 0 spiro atoms. The Bertz CT molecular complexity index is 690. The van der Waals surface area contributed by atoms with E-state index in [1.807, 2.05) is 29.2 Å². The van der Waals surface area contributed by atoms with Gasteiger partial charge in [0.15, 0.2) is 5.58 Å². The summed E-state index contributed by atoms with van der Waals surface area (Å²) in [7, 11) is 0. The zero-order valence-electron chi connectivity index (χ0n) is 14.1. The van der Waals surface area contributed by atoms with Gasteiger partial charge in [-0.05, 0) is 37.9 Å². The van der Waals surface area contributed by atoms with Gasteiger partial charge in [-0.1, -0.05) is 19.1 Å². The van der Waals surface area contributed by atoms with E-state index in [1.165, 1.54) is 0 Å². The number of fused-ring (bicyclic) bond motifs is 1. The lowest BCUT2D eigenvalue weighted by molar-refractivity contribution is -0.124. The third-order valence-electron chi connectivity index (χ3n) is 5.08. The quantitative estimate of drug-likeness (QED) is 0.930. The van der Waals surface area contributed by atoms with Crippen molar-refractivity contribution in [3.63, 3.8) is 0 Å². The highest BCUT2D eigenvalue weighted by Crippen LogP contribution is 2.28. The van der Waals surface area contributed by atoms with Gasteiger partial charge < -0.3 is 14.6 Å². The van der Waals surface area contributed by atoms with E-state index in [2.05, 4.69) is 22.1 Å². The van der Waals surface area contributed by atoms with Crippen LogP contribution in [0.2, 0.25) is 0 Å². The minimum Gasteiger partial charge on any atom is -0.423 e. The molecule has 6 heteroatoms. The number of amides is 1. The van der Waals surface area contributed by atoms with E-state index in [-0.39, 0.29) is 18.0 Å². The molecule has 1 amide bonds. The number of piperidine rings is 1. The van der Waals surface area contributed by atoms with Crippen LogP contribution in [0.1, 0.15) is 26.2 Å². The third-order valence-corrected chi connectivity index (χ3v) is 5.08. The van der Waals surface area contributed by atoms with Gasteiger partial charge >= 0.3 is 0 Å². The van der Waals surface area contributed by atoms with Gasteiger partial charge in [-0.25, -0.2) is 0 Å². The number of benzene rings is 1. The molecule has 0 unspecified atom stereocenters. The van der Waals surface area contributed by atoms with Crippen LogP contribution in [-0.2, 0) is 4.79 Å². The first-order valence-corrected chi connectivity index (χ1v) is 8.89. The van der Waals surface area contributed by atoms with Crippen LogP contribution >= 0.6 is 0 Å². The molecule has 2 aliphatic heterocycles. The fraction of sp³-hybridized carbons (Fsp3) is 0.556. The number of rotatable bonds is 4. The number of para-hydroxylation sites is 2. The summed E-state index contributed by atoms with van der Waals surface area (Å²) in [6.45, 7) is 5.92. The second-order valence-corrected chi connectivity index (χ2v) is 6.73. The van der Waals surface area contributed by atoms with Crippen LogP contribution in [0.5, 0.6) is 0 Å². The molecule has 0 aliphatic carbocycles. The molecule has 0 bridgehead atoms. The second kappa shape index (κ2) is 6.43. The van der Waals surface area contributed by atoms with Gasteiger partial charge in [0.05, 0.1) is 6.04 Å². The topological polar surface area (TPSA) is 61.6 Å². The first-order chi connectivity index (χ1) is 11.7. The maximum absolute atomic E-state index is 12.8. The highest BCUT2D eigenvalue weighted by atomic mass is 16.4. The summed E-state index contributed by atoms with van der Waals surface area (Å²) in [5, 5.41) is 3.19. The molecule has 2 fully saturated rings. The lowest BCUT2D eigenvalue weighted by atomic mass is 10.0. The summed E-state index contributed by atoms with van der Waals surface area (Å²) < 4.78 is 5.89. The lowest BCUT2D eigenvalue weighted by Crippen LogP contribution is -2.62. The Morgan fingerprint density at radius 1 is 1.33 bits per heavy atom. The van der Waals surface area contributed by atoms with E-state index >= 15 is 0 Å². The molecule has 4 rings (SSSR count). The molecule has 6 nitrogen and oxygen atoms in total. The predicted octanol–water partition coefficient (Wildman–Crippen LogP) is 2.01. The SMILES string of the molecule is CCN1CC(NC(=O)[C@@H]2CCCCN2c2nc3ccccc3o2)C1. The molecule has 0 radical (unpaired) electrons. The minimum absolute atomic E-state index is 0.109. The summed E-state index contributed by atoms with van der Waals surface area (Å²) in [6, 6.07) is 8.42. The number of hydrogen-bond acceptors (Lipinski definition) is 5. The van der Waals surface area contributed by atoms with Crippen molar-refractivity contribution in [1.29, 1.82) is 0 Å². The fourth-order valence-electron chi connectivity index (χ4n) is 3.63. The fourth-order valence-corrected chi connectivity index (χ4v) is 3.63. The molecule has 1 atom stereocenters. The highest BCUT2D eigenvalue weighted by Gasteiger charge is 2.35. The van der Waals surface area contributed by atoms with Crippen molar-refractivity contribution in [2.45, 2.75) is 38.3 Å². The molecule has 3 heterocycles. The summed E-state index contributed by atoms with van der Waals surface area (Å²) in [5.74, 6) is 0.109. The molecule has 2 saturated heterocycles. The van der Waals surface area contributed by atoms with Crippen molar-refractivity contribution in [2.75, 3.05) is 31.1 Å². The Kier molecular flexibility index (Phi) is 4.14. The first-order valence-electron chi connectivity index (χ1n) is 8.89. The number of nitrogens with zero attached hydrogens (tertiary/aromatic N) is 3. The van der Waals surface area contributed by atoms with Gasteiger partial charge in [0, 0.05) is 19.6 Å². The molecular weight excluding hydrogens is 304 g/mol. The predicted molar refractivity (Wildman–Crippen MR) is 93.0 cm³/mol. The number of aromatic nitrogens is 1. The van der Waals surface area contributed by atoms with Crippen LogP contribution in [0.4, 0.5) is 6.01 Å². The minimum atomic E-state index is -0.178. The van der Waals surface area contributed by atoms with Crippen molar-refractivity contribution in [2.24, 2.45) is 0 Å². The highest BCUT2D eigenvalue weighted by molar-refractivity contribution is 5.85. The van der Waals surface area contributed by atoms with Crippen molar-refractivity contribution in [1.82, 2.24) is 15.2 Å². The molecule has 1 N–H and O–H groups in total. The molecular formula is C18H24N4O2. The number of oxazole rings is 1. The van der Waals surface area contributed by atoms with E-state index in [1.54, 1.807) is 0 Å². The summed E-state index contributed by atoms with van der Waals surface area (Å²) in [5.41, 5.74) is 1.62. The first kappa shape index (κ1) is 15.4. The number of likely N-dealkylation sites (tertiary alicyclic amines) is 1. The molecule has 2 aliphatic rings. The van der Waals surface area contributed by atoms with E-state index < -0.39 is 0 Å². The standard InChI is InChI=1S/C18H24N4O2/c1-2-21-11-13(12-21)19-17(23)15-8-5-6-10-22(15)18-20-14-7-3-4-9-16(14)24-18/h3-4,7,9,13,15H,2,5-6,8,10-12H2,1H3,(H,19,23)/t15-/m0/s1. The van der Waals surface area contributed by atoms with Crippen LogP contribution in [0.15, 0.2) is 28.7 Å². The largest absolute Gasteiger partial charge is 0.423 e. The normalized spacial score (nSPS) is 22.5. The van der Waals surface area contributed by atoms with Gasteiger partial charge in [0.1, 0.15) is 11.6 Å². The molecule has 1 aromatic carbocycles. The van der Waals surface area contributed by atoms with E-state index in [4.69, 9.17) is 4.42 Å². The van der Waals surface area contributed by atoms with Crippen molar-refractivity contribution in [3.05, 3.63) is 24.3 Å². The van der Waals surface area contributed by atoms with Gasteiger partial charge in [0.25, 0.3) is 6.01 Å². The lowest BCUT2D eigenvalue weighted by Gasteiger charge is -2.41. The molecule has 0 saturated carbocycles. The smallest absolute Gasteiger partial charge is 0.299 e. The van der Waals surface area contributed by atoms with Crippen LogP contribution in [0.25, 0.3) is 11.1 Å². The van der Waals surface area contributed by atoms with E-state index in [0.717, 1.165) is 56.5 Å². The van der Waals surface area contributed by atoms with Crippen LogP contribution in [0, 0.1) is 0 Å². The van der Waals surface area contributed by atoms with Crippen molar-refractivity contribution in [3.8, 4) is 0 Å². The monoisotopic (exact) mass is 328 g/mol. The van der Waals surface area contributed by atoms with Gasteiger partial charge in [0.2, 0.25) is 5.91 Å². The zero-order chi connectivity index (χ0) is 16.5. The van der Waals surface area contributed by atoms with Gasteiger partial charge in [-0.3, -0.25) is 9.69 Å². The van der Waals surface area contributed by atoms with Crippen LogP contribution < -0.4 is 10.2 Å². The van der Waals surface area contributed by atoms with Crippen LogP contribution in [-0.4, -0.2) is 54.1 Å². The number of anilines is 1. The average molecular weight is 328 g/mol. The Morgan fingerprint density at radius 3 is 2.96 bits per heavy atom. The molecule has 24 heavy (non-hydrogen) atoms. The van der Waals surface area contributed by atoms with Gasteiger partial charge in [-0.15, -0.1) is 0 Å². The number of likely N-dealkylation sites (N-methyl/N-ethyl adjacent to an activating group) is 1. The Hall–Kier alpha value is -2.08. The van der Waals surface area contributed by atoms with Crippen LogP contribution in [0.3, 0.4) is 0 Å². The number of carbonyl (C=O) groups is 1. The van der Waals surface area contributed by atoms with E-state index in [0.29, 0.717) is 6.01 Å². The van der Waals surface area contributed by atoms with E-state index in [9.17, 15) is 4.79 Å². The Labute approximate surface area is 141 Å². The summed E-state index contributed by atoms with van der Waals surface area (Å²) in [6.07, 6.45) is 2.99. The van der Waals surface area contributed by atoms with Gasteiger partial charge in [-0.2, -0.15) is 4.98 Å². The zero-order valence-corrected chi connectivity index (χ0v) is 14.1. The average Bonchev–Trinajstić information content (AvgIpc) is 3.01. The number of carbonyl (C=O) groups excluding carboxylic acids is 1. The summed E-state index contributed by atoms with van der Waals surface area (Å²) >= 11 is 0.